The fourth-order valence-corrected chi connectivity index (χ4v) is 4.15. The molecule has 1 aliphatic rings. The fraction of sp³-hybridized carbons (Fsp3) is 0.688. The van der Waals surface area contributed by atoms with E-state index >= 15 is 0 Å². The average molecular weight is 469 g/mol. The molecule has 0 radical (unpaired) electrons. The summed E-state index contributed by atoms with van der Waals surface area (Å²) in [7, 11) is 3.97. The third-order valence-electron chi connectivity index (χ3n) is 4.25. The summed E-state index contributed by atoms with van der Waals surface area (Å²) in [5, 5.41) is 5.70. The monoisotopic (exact) mass is 469 g/mol. The summed E-state index contributed by atoms with van der Waals surface area (Å²) in [6, 6.07) is 4.31. The van der Waals surface area contributed by atoms with Crippen LogP contribution in [0.15, 0.2) is 22.5 Å². The maximum atomic E-state index is 5.51. The Kier molecular flexibility index (Phi) is 9.87. The number of hydrogen-bond donors (Lipinski definition) is 1. The number of aliphatic imine (C=N–C) groups is 1. The van der Waals surface area contributed by atoms with Gasteiger partial charge in [0.25, 0.3) is 0 Å². The van der Waals surface area contributed by atoms with Gasteiger partial charge in [0, 0.05) is 50.0 Å². The van der Waals surface area contributed by atoms with E-state index in [0.717, 1.165) is 51.5 Å². The molecule has 7 heteroatoms. The molecular formula is C16H28IN3OS2. The number of likely N-dealkylation sites (N-methyl/N-ethyl adjacent to an activating group) is 1. The highest BCUT2D eigenvalue weighted by atomic mass is 127. The molecule has 0 unspecified atom stereocenters. The van der Waals surface area contributed by atoms with Crippen molar-refractivity contribution in [2.45, 2.75) is 24.0 Å². The van der Waals surface area contributed by atoms with E-state index in [4.69, 9.17) is 4.74 Å². The lowest BCUT2D eigenvalue weighted by Gasteiger charge is -2.36. The number of nitrogens with one attached hydrogen (secondary N) is 1. The molecule has 132 valence electrons. The summed E-state index contributed by atoms with van der Waals surface area (Å²) in [5.41, 5.74) is 0. The molecule has 0 atom stereocenters. The molecule has 2 rings (SSSR count). The number of ether oxygens (including phenoxy) is 1. The third kappa shape index (κ3) is 6.43. The second-order valence-corrected chi connectivity index (χ2v) is 7.96. The molecule has 1 N–H and O–H groups in total. The van der Waals surface area contributed by atoms with Gasteiger partial charge in [0.05, 0.1) is 0 Å². The zero-order valence-corrected chi connectivity index (χ0v) is 18.2. The minimum absolute atomic E-state index is 0. The van der Waals surface area contributed by atoms with Gasteiger partial charge in [-0.05, 0) is 37.0 Å². The van der Waals surface area contributed by atoms with Crippen molar-refractivity contribution in [1.29, 1.82) is 0 Å². The second-order valence-electron chi connectivity index (χ2n) is 5.65. The van der Waals surface area contributed by atoms with Crippen LogP contribution in [0.1, 0.15) is 17.7 Å². The van der Waals surface area contributed by atoms with E-state index < -0.39 is 0 Å². The number of hydrogen-bond acceptors (Lipinski definition) is 4. The van der Waals surface area contributed by atoms with Crippen molar-refractivity contribution in [3.8, 4) is 0 Å². The van der Waals surface area contributed by atoms with Crippen molar-refractivity contribution in [2.24, 2.45) is 4.99 Å². The zero-order valence-electron chi connectivity index (χ0n) is 14.2. The van der Waals surface area contributed by atoms with E-state index in [-0.39, 0.29) is 28.7 Å². The molecule has 0 bridgehead atoms. The van der Waals surface area contributed by atoms with Crippen molar-refractivity contribution < 1.29 is 4.74 Å². The predicted octanol–water partition coefficient (Wildman–Crippen LogP) is 3.33. The Morgan fingerprint density at radius 1 is 1.48 bits per heavy atom. The second kappa shape index (κ2) is 10.8. The molecule has 0 spiro atoms. The quantitative estimate of drug-likeness (QED) is 0.394. The molecular weight excluding hydrogens is 441 g/mol. The van der Waals surface area contributed by atoms with E-state index in [1.54, 1.807) is 0 Å². The van der Waals surface area contributed by atoms with Gasteiger partial charge in [-0.1, -0.05) is 6.07 Å². The summed E-state index contributed by atoms with van der Waals surface area (Å²) >= 11 is 3.77. The third-order valence-corrected chi connectivity index (χ3v) is 6.61. The lowest BCUT2D eigenvalue weighted by Crippen LogP contribution is -2.48. The van der Waals surface area contributed by atoms with E-state index in [0.29, 0.717) is 0 Å². The van der Waals surface area contributed by atoms with Gasteiger partial charge >= 0.3 is 0 Å². The van der Waals surface area contributed by atoms with E-state index in [2.05, 4.69) is 46.0 Å². The molecule has 1 aliphatic heterocycles. The summed E-state index contributed by atoms with van der Waals surface area (Å²) < 4.78 is 5.79. The fourth-order valence-electron chi connectivity index (χ4n) is 2.66. The Balaban J connectivity index is 0.00000264. The van der Waals surface area contributed by atoms with Gasteiger partial charge in [-0.2, -0.15) is 11.8 Å². The number of rotatable bonds is 6. The van der Waals surface area contributed by atoms with Crippen molar-refractivity contribution in [3.05, 3.63) is 22.4 Å². The number of thiophene rings is 1. The van der Waals surface area contributed by atoms with Crippen LogP contribution in [0.2, 0.25) is 0 Å². The Hall–Kier alpha value is 0.01000. The topological polar surface area (TPSA) is 36.9 Å². The highest BCUT2D eigenvalue weighted by Gasteiger charge is 2.32. The lowest BCUT2D eigenvalue weighted by molar-refractivity contribution is 0.0781. The Bertz CT molecular complexity index is 462. The molecule has 0 amide bonds. The van der Waals surface area contributed by atoms with Crippen LogP contribution in [-0.4, -0.2) is 62.3 Å². The maximum absolute atomic E-state index is 5.51. The maximum Gasteiger partial charge on any atom is 0.193 e. The van der Waals surface area contributed by atoms with Crippen LogP contribution < -0.4 is 5.32 Å². The Morgan fingerprint density at radius 3 is 2.78 bits per heavy atom. The SMILES string of the molecule is CN=C(NCC1(SC)CCOCC1)N(C)CCc1cccs1.I. The van der Waals surface area contributed by atoms with Crippen molar-refractivity contribution in [3.63, 3.8) is 0 Å². The van der Waals surface area contributed by atoms with Crippen LogP contribution in [0.3, 0.4) is 0 Å². The van der Waals surface area contributed by atoms with Gasteiger partial charge in [-0.25, -0.2) is 0 Å². The minimum Gasteiger partial charge on any atom is -0.381 e. The Labute approximate surface area is 165 Å². The molecule has 1 fully saturated rings. The van der Waals surface area contributed by atoms with Crippen LogP contribution in [0.25, 0.3) is 0 Å². The number of guanidine groups is 1. The lowest BCUT2D eigenvalue weighted by atomic mass is 9.99. The van der Waals surface area contributed by atoms with Crippen LogP contribution in [0, 0.1) is 0 Å². The first-order chi connectivity index (χ1) is 10.7. The molecule has 0 aromatic carbocycles. The summed E-state index contributed by atoms with van der Waals surface area (Å²) in [5.74, 6) is 0.983. The summed E-state index contributed by atoms with van der Waals surface area (Å²) in [6.45, 7) is 3.67. The van der Waals surface area contributed by atoms with Crippen LogP contribution in [0.5, 0.6) is 0 Å². The van der Waals surface area contributed by atoms with Crippen LogP contribution in [0.4, 0.5) is 0 Å². The smallest absolute Gasteiger partial charge is 0.193 e. The molecule has 0 saturated carbocycles. The molecule has 1 aromatic rings. The van der Waals surface area contributed by atoms with Gasteiger partial charge < -0.3 is 15.0 Å². The van der Waals surface area contributed by atoms with Crippen LogP contribution in [-0.2, 0) is 11.2 Å². The highest BCUT2D eigenvalue weighted by molar-refractivity contribution is 14.0. The molecule has 1 aromatic heterocycles. The van der Waals surface area contributed by atoms with Crippen LogP contribution >= 0.6 is 47.1 Å². The number of halogens is 1. The van der Waals surface area contributed by atoms with E-state index in [1.165, 1.54) is 4.88 Å². The average Bonchev–Trinajstić information content (AvgIpc) is 3.08. The van der Waals surface area contributed by atoms with Gasteiger partial charge in [0.15, 0.2) is 5.96 Å². The molecule has 23 heavy (non-hydrogen) atoms. The highest BCUT2D eigenvalue weighted by Crippen LogP contribution is 2.32. The zero-order chi connectivity index (χ0) is 15.8. The first kappa shape index (κ1) is 21.1. The predicted molar refractivity (Wildman–Crippen MR) is 114 cm³/mol. The van der Waals surface area contributed by atoms with Crippen molar-refractivity contribution in [2.75, 3.05) is 46.7 Å². The first-order valence-electron chi connectivity index (χ1n) is 7.76. The van der Waals surface area contributed by atoms with Gasteiger partial charge in [0.1, 0.15) is 0 Å². The van der Waals surface area contributed by atoms with Gasteiger partial charge in [0.2, 0.25) is 0 Å². The molecule has 0 aliphatic carbocycles. The number of nitrogens with zero attached hydrogens (tertiary/aromatic N) is 2. The summed E-state index contributed by atoms with van der Waals surface area (Å²) in [4.78, 5) is 8.07. The largest absolute Gasteiger partial charge is 0.381 e. The standard InChI is InChI=1S/C16H27N3OS2.HI/c1-17-15(19(2)9-6-14-5-4-12-22-14)18-13-16(21-3)7-10-20-11-8-16;/h4-5,12H,6-11,13H2,1-3H3,(H,17,18);1H. The first-order valence-corrected chi connectivity index (χ1v) is 9.86. The normalized spacial score (nSPS) is 17.4. The van der Waals surface area contributed by atoms with Crippen molar-refractivity contribution >= 4 is 53.0 Å². The minimum atomic E-state index is 0. The van der Waals surface area contributed by atoms with E-state index in [1.807, 2.05) is 30.1 Å². The molecule has 4 nitrogen and oxygen atoms in total. The summed E-state index contributed by atoms with van der Waals surface area (Å²) in [6.07, 6.45) is 5.49. The molecule has 1 saturated heterocycles. The van der Waals surface area contributed by atoms with Gasteiger partial charge in [-0.3, -0.25) is 4.99 Å². The Morgan fingerprint density at radius 2 is 2.22 bits per heavy atom. The van der Waals surface area contributed by atoms with E-state index in [9.17, 15) is 0 Å². The van der Waals surface area contributed by atoms with Crippen molar-refractivity contribution in [1.82, 2.24) is 10.2 Å². The van der Waals surface area contributed by atoms with Gasteiger partial charge in [-0.15, -0.1) is 35.3 Å². The number of thioether (sulfide) groups is 1. The molecule has 2 heterocycles.